The van der Waals surface area contributed by atoms with Crippen LogP contribution < -0.4 is 0 Å². The van der Waals surface area contributed by atoms with Crippen molar-refractivity contribution in [2.45, 2.75) is 6.92 Å². The molecule has 0 bridgehead atoms. The molecule has 0 unspecified atom stereocenters. The van der Waals surface area contributed by atoms with E-state index in [4.69, 9.17) is 4.42 Å². The summed E-state index contributed by atoms with van der Waals surface area (Å²) in [5, 5.41) is 2.49. The van der Waals surface area contributed by atoms with Crippen molar-refractivity contribution in [3.05, 3.63) is 60.4 Å². The molecule has 0 fully saturated rings. The molecule has 3 aromatic rings. The van der Waals surface area contributed by atoms with E-state index in [1.54, 1.807) is 6.26 Å². The summed E-state index contributed by atoms with van der Waals surface area (Å²) in [6.45, 7) is 2.07. The lowest BCUT2D eigenvalue weighted by molar-refractivity contribution is 0.581. The third kappa shape index (κ3) is 1.33. The van der Waals surface area contributed by atoms with Gasteiger partial charge in [0, 0.05) is 5.56 Å². The van der Waals surface area contributed by atoms with Gasteiger partial charge in [-0.25, -0.2) is 0 Å². The maximum Gasteiger partial charge on any atom is 0.137 e. The lowest BCUT2D eigenvalue weighted by atomic mass is 10.0. The molecular weight excluding hydrogens is 196 g/mol. The van der Waals surface area contributed by atoms with E-state index in [2.05, 4.69) is 49.4 Å². The molecule has 1 heteroatoms. The van der Waals surface area contributed by atoms with E-state index in [1.807, 2.05) is 6.07 Å². The summed E-state index contributed by atoms with van der Waals surface area (Å²) in [5.41, 5.74) is 2.34. The second-order valence-electron chi connectivity index (χ2n) is 3.96. The van der Waals surface area contributed by atoms with E-state index in [0.29, 0.717) is 0 Å². The topological polar surface area (TPSA) is 13.1 Å². The van der Waals surface area contributed by atoms with Gasteiger partial charge in [-0.05, 0) is 29.3 Å². The van der Waals surface area contributed by atoms with Gasteiger partial charge in [0.25, 0.3) is 0 Å². The molecule has 0 aliphatic rings. The summed E-state index contributed by atoms with van der Waals surface area (Å²) in [4.78, 5) is 0. The van der Waals surface area contributed by atoms with Gasteiger partial charge < -0.3 is 4.42 Å². The van der Waals surface area contributed by atoms with Crippen molar-refractivity contribution < 1.29 is 4.42 Å². The molecule has 16 heavy (non-hydrogen) atoms. The molecule has 2 aromatic carbocycles. The van der Waals surface area contributed by atoms with Gasteiger partial charge in [0.1, 0.15) is 5.76 Å². The van der Waals surface area contributed by atoms with Gasteiger partial charge in [-0.15, -0.1) is 0 Å². The summed E-state index contributed by atoms with van der Waals surface area (Å²) in [5.74, 6) is 0.969. The van der Waals surface area contributed by atoms with Gasteiger partial charge >= 0.3 is 0 Å². The van der Waals surface area contributed by atoms with Crippen molar-refractivity contribution in [1.29, 1.82) is 0 Å². The van der Waals surface area contributed by atoms with Crippen LogP contribution in [0.3, 0.4) is 0 Å². The Balaban J connectivity index is 2.36. The SMILES string of the molecule is Cc1ccoc1-c1cccc2ccccc12. The quantitative estimate of drug-likeness (QED) is 0.577. The minimum Gasteiger partial charge on any atom is -0.464 e. The fourth-order valence-electron chi connectivity index (χ4n) is 2.07. The Kier molecular flexibility index (Phi) is 2.03. The minimum atomic E-state index is 0.969. The van der Waals surface area contributed by atoms with Crippen molar-refractivity contribution in [2.75, 3.05) is 0 Å². The highest BCUT2D eigenvalue weighted by atomic mass is 16.3. The van der Waals surface area contributed by atoms with Crippen LogP contribution in [-0.4, -0.2) is 0 Å². The maximum atomic E-state index is 5.56. The average Bonchev–Trinajstić information content (AvgIpc) is 2.75. The molecule has 3 rings (SSSR count). The molecule has 0 aliphatic carbocycles. The predicted molar refractivity (Wildman–Crippen MR) is 66.4 cm³/mol. The monoisotopic (exact) mass is 208 g/mol. The molecular formula is C15H12O. The molecule has 0 spiro atoms. The third-order valence-corrected chi connectivity index (χ3v) is 2.90. The Labute approximate surface area is 94.3 Å². The van der Waals surface area contributed by atoms with Crippen LogP contribution in [0.2, 0.25) is 0 Å². The summed E-state index contributed by atoms with van der Waals surface area (Å²) in [6, 6.07) is 16.7. The molecule has 0 amide bonds. The predicted octanol–water partition coefficient (Wildman–Crippen LogP) is 4.41. The summed E-state index contributed by atoms with van der Waals surface area (Å²) >= 11 is 0. The highest BCUT2D eigenvalue weighted by molar-refractivity contribution is 5.95. The first-order valence-corrected chi connectivity index (χ1v) is 5.38. The van der Waals surface area contributed by atoms with Crippen LogP contribution in [0.25, 0.3) is 22.1 Å². The number of hydrogen-bond acceptors (Lipinski definition) is 1. The van der Waals surface area contributed by atoms with Crippen molar-refractivity contribution in [2.24, 2.45) is 0 Å². The molecule has 1 aromatic heterocycles. The average molecular weight is 208 g/mol. The van der Waals surface area contributed by atoms with Gasteiger partial charge in [-0.2, -0.15) is 0 Å². The Hall–Kier alpha value is -2.02. The van der Waals surface area contributed by atoms with Crippen LogP contribution in [-0.2, 0) is 0 Å². The molecule has 0 atom stereocenters. The first-order chi connectivity index (χ1) is 7.86. The summed E-state index contributed by atoms with van der Waals surface area (Å²) in [7, 11) is 0. The number of benzene rings is 2. The molecule has 1 nitrogen and oxygen atoms in total. The van der Waals surface area contributed by atoms with E-state index >= 15 is 0 Å². The van der Waals surface area contributed by atoms with Crippen LogP contribution in [0.15, 0.2) is 59.2 Å². The molecule has 0 saturated heterocycles. The lowest BCUT2D eigenvalue weighted by Gasteiger charge is -2.04. The van der Waals surface area contributed by atoms with Crippen LogP contribution in [0, 0.1) is 6.92 Å². The standard InChI is InChI=1S/C15H12O/c1-11-9-10-16-15(11)14-8-4-6-12-5-2-3-7-13(12)14/h2-10H,1H3. The van der Waals surface area contributed by atoms with Gasteiger partial charge in [0.15, 0.2) is 0 Å². The van der Waals surface area contributed by atoms with Crippen LogP contribution >= 0.6 is 0 Å². The van der Waals surface area contributed by atoms with Crippen molar-refractivity contribution in [1.82, 2.24) is 0 Å². The first kappa shape index (κ1) is 9.22. The zero-order valence-corrected chi connectivity index (χ0v) is 9.10. The van der Waals surface area contributed by atoms with Gasteiger partial charge in [0.2, 0.25) is 0 Å². The van der Waals surface area contributed by atoms with Crippen LogP contribution in [0.4, 0.5) is 0 Å². The second-order valence-corrected chi connectivity index (χ2v) is 3.96. The van der Waals surface area contributed by atoms with Gasteiger partial charge in [-0.3, -0.25) is 0 Å². The maximum absolute atomic E-state index is 5.56. The number of rotatable bonds is 1. The number of fused-ring (bicyclic) bond motifs is 1. The molecule has 1 heterocycles. The molecule has 78 valence electrons. The van der Waals surface area contributed by atoms with E-state index < -0.39 is 0 Å². The Morgan fingerprint density at radius 3 is 2.50 bits per heavy atom. The fraction of sp³-hybridized carbons (Fsp3) is 0.0667. The summed E-state index contributed by atoms with van der Waals surface area (Å²) < 4.78 is 5.56. The zero-order chi connectivity index (χ0) is 11.0. The number of furan rings is 1. The zero-order valence-electron chi connectivity index (χ0n) is 9.10. The molecule has 0 saturated carbocycles. The van der Waals surface area contributed by atoms with Crippen LogP contribution in [0.1, 0.15) is 5.56 Å². The Morgan fingerprint density at radius 1 is 0.875 bits per heavy atom. The first-order valence-electron chi connectivity index (χ1n) is 5.38. The van der Waals surface area contributed by atoms with Crippen molar-refractivity contribution >= 4 is 10.8 Å². The fourth-order valence-corrected chi connectivity index (χ4v) is 2.07. The second kappa shape index (κ2) is 3.53. The highest BCUT2D eigenvalue weighted by Crippen LogP contribution is 2.31. The van der Waals surface area contributed by atoms with Crippen molar-refractivity contribution in [3.8, 4) is 11.3 Å². The molecule has 0 N–H and O–H groups in total. The van der Waals surface area contributed by atoms with E-state index in [9.17, 15) is 0 Å². The normalized spacial score (nSPS) is 10.8. The van der Waals surface area contributed by atoms with Crippen LogP contribution in [0.5, 0.6) is 0 Å². The Bertz CT molecular complexity index is 629. The molecule has 0 radical (unpaired) electrons. The number of aryl methyl sites for hydroxylation is 1. The largest absolute Gasteiger partial charge is 0.464 e. The smallest absolute Gasteiger partial charge is 0.137 e. The third-order valence-electron chi connectivity index (χ3n) is 2.90. The van der Waals surface area contributed by atoms with Gasteiger partial charge in [-0.1, -0.05) is 42.5 Å². The minimum absolute atomic E-state index is 0.969. The van der Waals surface area contributed by atoms with E-state index in [1.165, 1.54) is 21.9 Å². The molecule has 0 aliphatic heterocycles. The van der Waals surface area contributed by atoms with Crippen molar-refractivity contribution in [3.63, 3.8) is 0 Å². The highest BCUT2D eigenvalue weighted by Gasteiger charge is 2.08. The number of hydrogen-bond donors (Lipinski definition) is 0. The Morgan fingerprint density at radius 2 is 1.69 bits per heavy atom. The van der Waals surface area contributed by atoms with E-state index in [0.717, 1.165) is 5.76 Å². The summed E-state index contributed by atoms with van der Waals surface area (Å²) in [6.07, 6.45) is 1.74. The lowest BCUT2D eigenvalue weighted by Crippen LogP contribution is -1.80. The van der Waals surface area contributed by atoms with E-state index in [-0.39, 0.29) is 0 Å². The van der Waals surface area contributed by atoms with Gasteiger partial charge in [0.05, 0.1) is 6.26 Å².